The molecule has 3 unspecified atom stereocenters. The summed E-state index contributed by atoms with van der Waals surface area (Å²) in [4.78, 5) is 11.1. The van der Waals surface area contributed by atoms with Crippen molar-refractivity contribution in [1.82, 2.24) is 0 Å². The molecule has 172 valence electrons. The Kier molecular flexibility index (Phi) is 6.07. The van der Waals surface area contributed by atoms with E-state index in [-0.39, 0.29) is 41.3 Å². The molecule has 0 radical (unpaired) electrons. The van der Waals surface area contributed by atoms with Gasteiger partial charge in [0.25, 0.3) is 0 Å². The molecule has 30 heavy (non-hydrogen) atoms. The van der Waals surface area contributed by atoms with E-state index in [4.69, 9.17) is 5.11 Å². The van der Waals surface area contributed by atoms with E-state index in [0.29, 0.717) is 29.6 Å². The molecule has 4 rings (SSSR count). The molecule has 4 saturated carbocycles. The maximum atomic E-state index is 11.7. The first-order chi connectivity index (χ1) is 14.1. The SMILES string of the molecule is CCC1C2C(O)CCC[C@]2(C)[C@H]2CC[C@]3(C)[C@@H]([C@H](C)CCC(=O)O)CC[C@H]3[C@@H]2[C@@H]1O. The van der Waals surface area contributed by atoms with Crippen LogP contribution >= 0.6 is 0 Å². The van der Waals surface area contributed by atoms with Gasteiger partial charge in [0.05, 0.1) is 12.2 Å². The normalized spacial score (nSPS) is 51.5. The molecule has 0 bridgehead atoms. The molecule has 4 aliphatic rings. The van der Waals surface area contributed by atoms with Gasteiger partial charge in [-0.3, -0.25) is 4.79 Å². The molecule has 0 amide bonds. The Morgan fingerprint density at radius 2 is 1.73 bits per heavy atom. The van der Waals surface area contributed by atoms with Crippen molar-refractivity contribution in [2.24, 2.45) is 52.3 Å². The number of aliphatic hydroxyl groups excluding tert-OH is 2. The Bertz CT molecular complexity index is 649. The van der Waals surface area contributed by atoms with Crippen molar-refractivity contribution >= 4 is 5.97 Å². The first-order valence-corrected chi connectivity index (χ1v) is 12.7. The van der Waals surface area contributed by atoms with Gasteiger partial charge in [-0.15, -0.1) is 0 Å². The summed E-state index contributed by atoms with van der Waals surface area (Å²) < 4.78 is 0. The van der Waals surface area contributed by atoms with Crippen molar-refractivity contribution < 1.29 is 20.1 Å². The molecule has 0 heterocycles. The summed E-state index contributed by atoms with van der Waals surface area (Å²) in [6.45, 7) is 9.36. The van der Waals surface area contributed by atoms with Crippen molar-refractivity contribution in [3.8, 4) is 0 Å². The fourth-order valence-corrected chi connectivity index (χ4v) is 9.65. The number of aliphatic carboxylic acids is 1. The van der Waals surface area contributed by atoms with E-state index in [9.17, 15) is 15.0 Å². The van der Waals surface area contributed by atoms with Crippen LogP contribution in [0.25, 0.3) is 0 Å². The molecule has 0 saturated heterocycles. The lowest BCUT2D eigenvalue weighted by Gasteiger charge is -2.65. The molecule has 0 aromatic heterocycles. The first-order valence-electron chi connectivity index (χ1n) is 12.7. The lowest BCUT2D eigenvalue weighted by Crippen LogP contribution is -2.63. The molecule has 0 aromatic carbocycles. The van der Waals surface area contributed by atoms with E-state index < -0.39 is 5.97 Å². The molecule has 3 N–H and O–H groups in total. The third-order valence-corrected chi connectivity index (χ3v) is 10.9. The van der Waals surface area contributed by atoms with Gasteiger partial charge in [-0.25, -0.2) is 0 Å². The van der Waals surface area contributed by atoms with Gasteiger partial charge in [0.2, 0.25) is 0 Å². The number of hydrogen-bond acceptors (Lipinski definition) is 3. The summed E-state index contributed by atoms with van der Waals surface area (Å²) in [6, 6.07) is 0. The molecule has 4 aliphatic carbocycles. The molecule has 11 atom stereocenters. The van der Waals surface area contributed by atoms with Crippen LogP contribution in [-0.4, -0.2) is 33.5 Å². The number of hydrogen-bond donors (Lipinski definition) is 3. The van der Waals surface area contributed by atoms with Crippen LogP contribution in [0.1, 0.15) is 91.9 Å². The van der Waals surface area contributed by atoms with Crippen molar-refractivity contribution in [3.05, 3.63) is 0 Å². The van der Waals surface area contributed by atoms with Crippen LogP contribution in [0.5, 0.6) is 0 Å². The topological polar surface area (TPSA) is 77.8 Å². The highest BCUT2D eigenvalue weighted by atomic mass is 16.4. The van der Waals surface area contributed by atoms with Gasteiger partial charge in [-0.2, -0.15) is 0 Å². The Morgan fingerprint density at radius 1 is 1.03 bits per heavy atom. The number of rotatable bonds is 5. The lowest BCUT2D eigenvalue weighted by molar-refractivity contribution is -0.217. The highest BCUT2D eigenvalue weighted by molar-refractivity contribution is 5.66. The zero-order chi connectivity index (χ0) is 21.8. The second kappa shape index (κ2) is 8.06. The monoisotopic (exact) mass is 420 g/mol. The summed E-state index contributed by atoms with van der Waals surface area (Å²) in [5.41, 5.74) is 0.366. The van der Waals surface area contributed by atoms with E-state index in [1.54, 1.807) is 0 Å². The van der Waals surface area contributed by atoms with Crippen molar-refractivity contribution in [1.29, 1.82) is 0 Å². The van der Waals surface area contributed by atoms with Crippen LogP contribution in [0, 0.1) is 52.3 Å². The maximum absolute atomic E-state index is 11.7. The molecular formula is C26H44O4. The molecule has 0 aliphatic heterocycles. The van der Waals surface area contributed by atoms with Gasteiger partial charge < -0.3 is 15.3 Å². The van der Waals surface area contributed by atoms with Crippen LogP contribution in [0.3, 0.4) is 0 Å². The predicted molar refractivity (Wildman–Crippen MR) is 118 cm³/mol. The van der Waals surface area contributed by atoms with Gasteiger partial charge in [0.1, 0.15) is 0 Å². The minimum Gasteiger partial charge on any atom is -0.481 e. The zero-order valence-electron chi connectivity index (χ0n) is 19.5. The van der Waals surface area contributed by atoms with E-state index in [1.165, 1.54) is 25.7 Å². The van der Waals surface area contributed by atoms with Crippen LogP contribution < -0.4 is 0 Å². The maximum Gasteiger partial charge on any atom is 0.303 e. The van der Waals surface area contributed by atoms with E-state index in [1.807, 2.05) is 0 Å². The Labute approximate surface area is 182 Å². The van der Waals surface area contributed by atoms with Crippen LogP contribution in [0.15, 0.2) is 0 Å². The second-order valence-corrected chi connectivity index (χ2v) is 12.0. The highest BCUT2D eigenvalue weighted by Gasteiger charge is 2.65. The standard InChI is InChI=1S/C26H44O4/c1-5-16-23-20(27)7-6-13-26(23,4)19-12-14-25(3)17(15(2)8-11-21(28)29)9-10-18(25)22(19)24(16)30/h15-20,22-24,27,30H,5-14H2,1-4H3,(H,28,29)/t15-,16?,17-,18+,19+,20?,22+,23?,24-,25-,26-/m1/s1. The second-order valence-electron chi connectivity index (χ2n) is 12.0. The largest absolute Gasteiger partial charge is 0.481 e. The van der Waals surface area contributed by atoms with E-state index in [2.05, 4.69) is 27.7 Å². The third-order valence-electron chi connectivity index (χ3n) is 10.9. The van der Waals surface area contributed by atoms with Crippen molar-refractivity contribution in [2.45, 2.75) is 104 Å². The van der Waals surface area contributed by atoms with Gasteiger partial charge in [0, 0.05) is 6.42 Å². The quantitative estimate of drug-likeness (QED) is 0.577. The van der Waals surface area contributed by atoms with Crippen molar-refractivity contribution in [2.75, 3.05) is 0 Å². The number of carboxylic acids is 1. The lowest BCUT2D eigenvalue weighted by atomic mass is 9.41. The van der Waals surface area contributed by atoms with Crippen LogP contribution in [0.4, 0.5) is 0 Å². The van der Waals surface area contributed by atoms with E-state index in [0.717, 1.165) is 32.1 Å². The third kappa shape index (κ3) is 3.27. The molecule has 4 nitrogen and oxygen atoms in total. The minimum absolute atomic E-state index is 0.149. The number of fused-ring (bicyclic) bond motifs is 5. The zero-order valence-corrected chi connectivity index (χ0v) is 19.5. The molecule has 0 spiro atoms. The summed E-state index contributed by atoms with van der Waals surface area (Å²) in [7, 11) is 0. The Morgan fingerprint density at radius 3 is 2.40 bits per heavy atom. The first kappa shape index (κ1) is 22.6. The number of carboxylic acid groups (broad SMARTS) is 1. The fourth-order valence-electron chi connectivity index (χ4n) is 9.65. The van der Waals surface area contributed by atoms with Gasteiger partial charge in [-0.05, 0) is 97.2 Å². The average Bonchev–Trinajstić information content (AvgIpc) is 3.04. The molecule has 4 fully saturated rings. The van der Waals surface area contributed by atoms with Gasteiger partial charge >= 0.3 is 5.97 Å². The van der Waals surface area contributed by atoms with Crippen LogP contribution in [-0.2, 0) is 4.79 Å². The Balaban J connectivity index is 1.63. The number of aliphatic hydroxyl groups is 2. The van der Waals surface area contributed by atoms with E-state index >= 15 is 0 Å². The smallest absolute Gasteiger partial charge is 0.303 e. The average molecular weight is 421 g/mol. The molecule has 0 aromatic rings. The molecule has 4 heteroatoms. The summed E-state index contributed by atoms with van der Waals surface area (Å²) >= 11 is 0. The number of carbonyl (C=O) groups is 1. The Hall–Kier alpha value is -0.610. The predicted octanol–water partition coefficient (Wildman–Crippen LogP) is 5.11. The van der Waals surface area contributed by atoms with Crippen LogP contribution in [0.2, 0.25) is 0 Å². The minimum atomic E-state index is -0.687. The molecular weight excluding hydrogens is 376 g/mol. The van der Waals surface area contributed by atoms with Gasteiger partial charge in [0.15, 0.2) is 0 Å². The summed E-state index contributed by atoms with van der Waals surface area (Å²) in [6.07, 6.45) is 9.33. The summed E-state index contributed by atoms with van der Waals surface area (Å²) in [5, 5.41) is 31.8. The highest BCUT2D eigenvalue weighted by Crippen LogP contribution is 2.69. The fraction of sp³-hybridized carbons (Fsp3) is 0.962. The van der Waals surface area contributed by atoms with Crippen molar-refractivity contribution in [3.63, 3.8) is 0 Å². The van der Waals surface area contributed by atoms with Gasteiger partial charge in [-0.1, -0.05) is 40.5 Å². The summed E-state index contributed by atoms with van der Waals surface area (Å²) in [5.74, 6) is 2.15.